The molecule has 17 nitrogen and oxygen atoms in total. The summed E-state index contributed by atoms with van der Waals surface area (Å²) in [5.74, 6) is 0.921. The quantitative estimate of drug-likeness (QED) is 0.0910. The summed E-state index contributed by atoms with van der Waals surface area (Å²) in [7, 11) is 0. The molecular formula is C49H66N12O5. The first-order valence-corrected chi connectivity index (χ1v) is 24.0. The van der Waals surface area contributed by atoms with Gasteiger partial charge in [0.1, 0.15) is 11.5 Å². The highest BCUT2D eigenvalue weighted by Crippen LogP contribution is 2.37. The van der Waals surface area contributed by atoms with Gasteiger partial charge < -0.3 is 30.7 Å². The number of aryl methyl sites for hydroxylation is 1. The fourth-order valence-corrected chi connectivity index (χ4v) is 10.3. The van der Waals surface area contributed by atoms with E-state index in [1.54, 1.807) is 6.07 Å². The van der Waals surface area contributed by atoms with Crippen LogP contribution in [-0.2, 0) is 24.3 Å². The monoisotopic (exact) mass is 903 g/mol. The number of H-pyrrole nitrogens is 2. The number of amides is 1. The number of likely N-dealkylation sites (tertiary alicyclic amines) is 2. The average molecular weight is 903 g/mol. The summed E-state index contributed by atoms with van der Waals surface area (Å²) in [5.41, 5.74) is 5.89. The molecule has 4 aliphatic heterocycles. The van der Waals surface area contributed by atoms with E-state index in [-0.39, 0.29) is 53.0 Å². The molecule has 0 bridgehead atoms. The van der Waals surface area contributed by atoms with Crippen LogP contribution in [-0.4, -0.2) is 151 Å². The highest BCUT2D eigenvalue weighted by Gasteiger charge is 2.32. The first-order valence-electron chi connectivity index (χ1n) is 24.0. The zero-order valence-electron chi connectivity index (χ0n) is 38.6. The Labute approximate surface area is 385 Å². The van der Waals surface area contributed by atoms with Crippen molar-refractivity contribution < 1.29 is 15.0 Å². The summed E-state index contributed by atoms with van der Waals surface area (Å²) >= 11 is 0. The minimum Gasteiger partial charge on any atom is -0.508 e. The molecule has 7 heterocycles. The molecule has 0 aliphatic carbocycles. The molecular weight excluding hydrogens is 837 g/mol. The Balaban J connectivity index is 0.660. The van der Waals surface area contributed by atoms with Gasteiger partial charge in [0.05, 0.1) is 34.5 Å². The number of hydrogen-bond acceptors (Lipinski definition) is 13. The van der Waals surface area contributed by atoms with Crippen molar-refractivity contribution in [3.63, 3.8) is 0 Å². The van der Waals surface area contributed by atoms with Gasteiger partial charge in [-0.05, 0) is 104 Å². The maximum absolute atomic E-state index is 13.3. The number of phenolic OH excluding ortho intramolecular Hbond substituents is 2. The molecule has 0 radical (unpaired) electrons. The van der Waals surface area contributed by atoms with Crippen molar-refractivity contribution in [1.29, 1.82) is 0 Å². The standard InChI is InChI=1S/C49H66N12O5/c1-4-35-22-40-41(54-47(35)64)21-34(25-50-40)30-59-17-19-60(20-18-59)45-27-51-42(26-52-45)48(65)53-36-11-15-58(16-12-36)29-33-9-13-57(14-10-33)28-32-5-7-37(8-6-32)61-46(55-56-49(61)66)39-23-38(31(2)3)43(62)24-44(39)63/h5-8,21-25,31,33,36,42,45,51-52,62-63H,4,9-20,26-30H2,1-3H3,(H,53,65)(H,54,64)(H,56,66). The number of carbonyl (C=O) groups is 1. The number of nitrogens with one attached hydrogen (secondary N) is 5. The van der Waals surface area contributed by atoms with Crippen molar-refractivity contribution in [2.75, 3.05) is 72.0 Å². The van der Waals surface area contributed by atoms with Crippen LogP contribution in [0.15, 0.2) is 64.3 Å². The van der Waals surface area contributed by atoms with Crippen molar-refractivity contribution in [1.82, 2.24) is 60.3 Å². The van der Waals surface area contributed by atoms with Crippen molar-refractivity contribution in [2.24, 2.45) is 5.92 Å². The summed E-state index contributed by atoms with van der Waals surface area (Å²) < 4.78 is 1.45. The fourth-order valence-electron chi connectivity index (χ4n) is 10.3. The zero-order valence-corrected chi connectivity index (χ0v) is 38.6. The number of fused-ring (bicyclic) bond motifs is 1. The third kappa shape index (κ3) is 10.4. The fraction of sp³-hybridized carbons (Fsp3) is 0.531. The van der Waals surface area contributed by atoms with E-state index in [0.29, 0.717) is 35.7 Å². The van der Waals surface area contributed by atoms with Gasteiger partial charge in [-0.15, -0.1) is 0 Å². The highest BCUT2D eigenvalue weighted by molar-refractivity contribution is 5.82. The van der Waals surface area contributed by atoms with Crippen LogP contribution in [0.25, 0.3) is 28.1 Å². The van der Waals surface area contributed by atoms with Crippen molar-refractivity contribution >= 4 is 16.9 Å². The van der Waals surface area contributed by atoms with Gasteiger partial charge >= 0.3 is 5.69 Å². The molecule has 7 N–H and O–H groups in total. The molecule has 0 saturated carbocycles. The van der Waals surface area contributed by atoms with E-state index < -0.39 is 5.69 Å². The molecule has 17 heteroatoms. The summed E-state index contributed by atoms with van der Waals surface area (Å²) in [6.07, 6.45) is 7.07. The van der Waals surface area contributed by atoms with E-state index in [0.717, 1.165) is 126 Å². The van der Waals surface area contributed by atoms with Crippen LogP contribution in [0.5, 0.6) is 11.5 Å². The van der Waals surface area contributed by atoms with Gasteiger partial charge in [-0.1, -0.05) is 32.9 Å². The molecule has 5 aromatic rings. The van der Waals surface area contributed by atoms with Crippen molar-refractivity contribution in [3.05, 3.63) is 97.8 Å². The minimum atomic E-state index is -0.405. The Hall–Kier alpha value is -5.43. The molecule has 4 saturated heterocycles. The Bertz CT molecular complexity index is 2580. The molecule has 352 valence electrons. The second kappa shape index (κ2) is 20.2. The van der Waals surface area contributed by atoms with Gasteiger partial charge in [0.15, 0.2) is 5.82 Å². The van der Waals surface area contributed by atoms with Gasteiger partial charge in [-0.2, -0.15) is 5.10 Å². The number of piperidine rings is 2. The third-order valence-electron chi connectivity index (χ3n) is 14.3. The molecule has 3 aromatic heterocycles. The number of aromatic amines is 2. The van der Waals surface area contributed by atoms with E-state index in [9.17, 15) is 24.6 Å². The summed E-state index contributed by atoms with van der Waals surface area (Å²) in [6, 6.07) is 14.8. The largest absolute Gasteiger partial charge is 0.508 e. The number of pyridine rings is 2. The number of carbonyl (C=O) groups excluding carboxylic acids is 1. The molecule has 2 atom stereocenters. The van der Waals surface area contributed by atoms with Crippen LogP contribution < -0.4 is 27.2 Å². The van der Waals surface area contributed by atoms with Crippen molar-refractivity contribution in [2.45, 2.75) is 90.1 Å². The number of hydrogen-bond donors (Lipinski definition) is 7. The SMILES string of the molecule is CCc1cc2ncc(CN3CCN(C4CNC(C(=O)NC5CCN(CC6CCN(Cc7ccc(-n8c(-c9cc(C(C)C)c(O)cc9O)n[nH]c8=O)cc7)CC6)CC5)CN4)CC3)cc2[nH]c1=O. The molecule has 2 aromatic carbocycles. The summed E-state index contributed by atoms with van der Waals surface area (Å²) in [5, 5.41) is 38.3. The lowest BCUT2D eigenvalue weighted by molar-refractivity contribution is -0.124. The number of aromatic hydroxyl groups is 2. The van der Waals surface area contributed by atoms with E-state index in [4.69, 9.17) is 0 Å². The predicted molar refractivity (Wildman–Crippen MR) is 255 cm³/mol. The lowest BCUT2D eigenvalue weighted by Gasteiger charge is -2.42. The van der Waals surface area contributed by atoms with Gasteiger partial charge in [0.2, 0.25) is 5.91 Å². The molecule has 2 unspecified atom stereocenters. The first kappa shape index (κ1) is 45.7. The molecule has 66 heavy (non-hydrogen) atoms. The van der Waals surface area contributed by atoms with E-state index in [1.807, 2.05) is 57.3 Å². The molecule has 4 aliphatic rings. The van der Waals surface area contributed by atoms with E-state index in [2.05, 4.69) is 61.8 Å². The van der Waals surface area contributed by atoms with Crippen LogP contribution in [0.2, 0.25) is 0 Å². The third-order valence-corrected chi connectivity index (χ3v) is 14.3. The Morgan fingerprint density at radius 2 is 1.53 bits per heavy atom. The smallest absolute Gasteiger partial charge is 0.348 e. The zero-order chi connectivity index (χ0) is 45.9. The normalized spacial score (nSPS) is 21.2. The number of benzene rings is 2. The maximum atomic E-state index is 13.3. The van der Waals surface area contributed by atoms with Crippen LogP contribution in [0.3, 0.4) is 0 Å². The number of phenols is 2. The Kier molecular flexibility index (Phi) is 14.0. The number of nitrogens with zero attached hydrogens (tertiary/aromatic N) is 7. The van der Waals surface area contributed by atoms with Crippen LogP contribution in [0.4, 0.5) is 0 Å². The van der Waals surface area contributed by atoms with E-state index in [1.165, 1.54) is 16.2 Å². The second-order valence-corrected chi connectivity index (χ2v) is 19.2. The minimum absolute atomic E-state index is 0.00911. The first-order chi connectivity index (χ1) is 32.0. The van der Waals surface area contributed by atoms with Gasteiger partial charge in [-0.3, -0.25) is 34.6 Å². The van der Waals surface area contributed by atoms with Crippen LogP contribution in [0, 0.1) is 5.92 Å². The van der Waals surface area contributed by atoms with Crippen LogP contribution in [0.1, 0.15) is 74.6 Å². The molecule has 0 spiro atoms. The van der Waals surface area contributed by atoms with Gasteiger partial charge in [-0.25, -0.2) is 14.5 Å². The van der Waals surface area contributed by atoms with Crippen molar-refractivity contribution in [3.8, 4) is 28.6 Å². The lowest BCUT2D eigenvalue weighted by atomic mass is 9.94. The maximum Gasteiger partial charge on any atom is 0.348 e. The molecule has 9 rings (SSSR count). The predicted octanol–water partition coefficient (Wildman–Crippen LogP) is 3.06. The Morgan fingerprint density at radius 1 is 0.818 bits per heavy atom. The average Bonchev–Trinajstić information content (AvgIpc) is 3.70. The number of piperazine rings is 2. The highest BCUT2D eigenvalue weighted by atomic mass is 16.3. The summed E-state index contributed by atoms with van der Waals surface area (Å²) in [4.78, 5) is 56.2. The molecule has 1 amide bonds. The van der Waals surface area contributed by atoms with Gasteiger partial charge in [0.25, 0.3) is 5.56 Å². The number of rotatable bonds is 13. The topological polar surface area (TPSA) is 203 Å². The van der Waals surface area contributed by atoms with Crippen LogP contribution >= 0.6 is 0 Å². The lowest BCUT2D eigenvalue weighted by Crippen LogP contribution is -2.66. The van der Waals surface area contributed by atoms with E-state index >= 15 is 0 Å². The van der Waals surface area contributed by atoms with Gasteiger partial charge in [0, 0.05) is 95.9 Å². The molecule has 4 fully saturated rings. The summed E-state index contributed by atoms with van der Waals surface area (Å²) in [6.45, 7) is 17.8. The Morgan fingerprint density at radius 3 is 2.23 bits per heavy atom. The second-order valence-electron chi connectivity index (χ2n) is 19.2. The number of aromatic nitrogens is 5.